The molecule has 2 unspecified atom stereocenters. The first-order valence-corrected chi connectivity index (χ1v) is 9.67. The fraction of sp³-hybridized carbons (Fsp3) is 0.474. The van der Waals surface area contributed by atoms with E-state index in [1.54, 1.807) is 6.33 Å². The maximum atomic E-state index is 12.5. The molecule has 3 atom stereocenters. The number of aromatic nitrogens is 5. The zero-order valence-electron chi connectivity index (χ0n) is 16.0. The topological polar surface area (TPSA) is 106 Å². The molecule has 0 bridgehead atoms. The number of aromatic amines is 2. The van der Waals surface area contributed by atoms with Gasteiger partial charge < -0.3 is 14.8 Å². The monoisotopic (exact) mass is 380 g/mol. The third-order valence-electron chi connectivity index (χ3n) is 6.17. The van der Waals surface area contributed by atoms with E-state index in [1.165, 1.54) is 0 Å². The highest BCUT2D eigenvalue weighted by molar-refractivity contribution is 5.89. The lowest BCUT2D eigenvalue weighted by atomic mass is 10.0. The van der Waals surface area contributed by atoms with Gasteiger partial charge in [-0.3, -0.25) is 10.4 Å². The number of hydrogen-bond acceptors (Lipinski definition) is 5. The normalized spacial score (nSPS) is 23.9. The van der Waals surface area contributed by atoms with Crippen LogP contribution in [0.1, 0.15) is 18.5 Å². The molecule has 2 fully saturated rings. The van der Waals surface area contributed by atoms with E-state index in [0.29, 0.717) is 23.7 Å². The summed E-state index contributed by atoms with van der Waals surface area (Å²) in [5.41, 5.74) is 1.80. The van der Waals surface area contributed by atoms with Crippen LogP contribution in [0, 0.1) is 18.8 Å². The molecule has 1 saturated heterocycles. The van der Waals surface area contributed by atoms with Gasteiger partial charge in [-0.2, -0.15) is 5.10 Å². The Balaban J connectivity index is 1.23. The average Bonchev–Trinajstić information content (AvgIpc) is 3.43. The smallest absolute Gasteiger partial charge is 0.323 e. The first kappa shape index (κ1) is 17.0. The number of rotatable bonds is 3. The molecule has 1 aliphatic heterocycles. The molecule has 0 spiro atoms. The summed E-state index contributed by atoms with van der Waals surface area (Å²) in [6, 6.07) is 4.24. The van der Waals surface area contributed by atoms with Crippen LogP contribution in [0.15, 0.2) is 24.7 Å². The molecule has 0 aromatic carbocycles. The predicted octanol–water partition coefficient (Wildman–Crippen LogP) is 2.37. The summed E-state index contributed by atoms with van der Waals surface area (Å²) in [6.07, 6.45) is 5.66. The van der Waals surface area contributed by atoms with Gasteiger partial charge in [0, 0.05) is 44.1 Å². The molecule has 3 aromatic heterocycles. The van der Waals surface area contributed by atoms with Crippen LogP contribution < -0.4 is 10.2 Å². The Morgan fingerprint density at radius 3 is 2.79 bits per heavy atom. The van der Waals surface area contributed by atoms with Crippen LogP contribution in [0.5, 0.6) is 0 Å². The molecule has 2 aliphatic rings. The lowest BCUT2D eigenvalue weighted by molar-refractivity contribution is 0.218. The van der Waals surface area contributed by atoms with Gasteiger partial charge in [-0.1, -0.05) is 0 Å². The van der Waals surface area contributed by atoms with E-state index in [4.69, 9.17) is 0 Å². The van der Waals surface area contributed by atoms with E-state index in [-0.39, 0.29) is 6.03 Å². The van der Waals surface area contributed by atoms with Gasteiger partial charge in [-0.15, -0.1) is 0 Å². The summed E-state index contributed by atoms with van der Waals surface area (Å²) < 4.78 is 0. The van der Waals surface area contributed by atoms with E-state index < -0.39 is 0 Å². The van der Waals surface area contributed by atoms with E-state index in [9.17, 15) is 4.79 Å². The summed E-state index contributed by atoms with van der Waals surface area (Å²) in [6.45, 7) is 3.51. The Morgan fingerprint density at radius 2 is 2.07 bits per heavy atom. The highest BCUT2D eigenvalue weighted by atomic mass is 16.2. The van der Waals surface area contributed by atoms with E-state index in [0.717, 1.165) is 48.5 Å². The average molecular weight is 380 g/mol. The Hall–Kier alpha value is -3.10. The molecule has 3 N–H and O–H groups in total. The van der Waals surface area contributed by atoms with Gasteiger partial charge in [-0.05, 0) is 37.7 Å². The minimum absolute atomic E-state index is 0.0596. The van der Waals surface area contributed by atoms with Crippen molar-refractivity contribution < 1.29 is 4.79 Å². The summed E-state index contributed by atoms with van der Waals surface area (Å²) in [5.74, 6) is 2.61. The van der Waals surface area contributed by atoms with Crippen molar-refractivity contribution in [3.63, 3.8) is 0 Å². The number of aryl methyl sites for hydroxylation is 1. The largest absolute Gasteiger partial charge is 0.356 e. The van der Waals surface area contributed by atoms with Gasteiger partial charge in [0.05, 0.1) is 5.39 Å². The number of H-pyrrole nitrogens is 2. The maximum Gasteiger partial charge on any atom is 0.323 e. The van der Waals surface area contributed by atoms with Crippen molar-refractivity contribution in [1.29, 1.82) is 0 Å². The van der Waals surface area contributed by atoms with Crippen LogP contribution in [0.25, 0.3) is 11.0 Å². The van der Waals surface area contributed by atoms with Crippen LogP contribution in [0.3, 0.4) is 0 Å². The van der Waals surface area contributed by atoms with Gasteiger partial charge in [0.1, 0.15) is 17.8 Å². The molecular weight excluding hydrogens is 356 g/mol. The van der Waals surface area contributed by atoms with Crippen molar-refractivity contribution in [2.45, 2.75) is 25.8 Å². The number of hydrogen-bond donors (Lipinski definition) is 3. The lowest BCUT2D eigenvalue weighted by Gasteiger charge is -2.28. The highest BCUT2D eigenvalue weighted by Gasteiger charge is 2.44. The number of nitrogens with one attached hydrogen (secondary N) is 3. The van der Waals surface area contributed by atoms with E-state index >= 15 is 0 Å². The molecular formula is C19H24N8O. The number of carbonyl (C=O) groups is 1. The minimum Gasteiger partial charge on any atom is -0.356 e. The third kappa shape index (κ3) is 2.87. The Morgan fingerprint density at radius 1 is 1.29 bits per heavy atom. The van der Waals surface area contributed by atoms with Crippen LogP contribution in [-0.4, -0.2) is 62.3 Å². The Kier molecular flexibility index (Phi) is 3.96. The lowest BCUT2D eigenvalue weighted by Crippen LogP contribution is -2.36. The molecule has 3 aromatic rings. The molecule has 28 heavy (non-hydrogen) atoms. The van der Waals surface area contributed by atoms with E-state index in [1.807, 2.05) is 30.2 Å². The molecule has 4 heterocycles. The SMILES string of the molecule is Cc1cc(NC(=O)N2CC3CC(N(C)c4ncnc5[nH]ccc45)C[C@H]3C2)n[nH]1. The minimum atomic E-state index is -0.0596. The second kappa shape index (κ2) is 6.50. The molecule has 9 heteroatoms. The molecule has 1 saturated carbocycles. The van der Waals surface area contributed by atoms with Crippen LogP contribution in [0.2, 0.25) is 0 Å². The second-order valence-corrected chi connectivity index (χ2v) is 7.96. The summed E-state index contributed by atoms with van der Waals surface area (Å²) in [5, 5.41) is 10.9. The zero-order valence-corrected chi connectivity index (χ0v) is 16.0. The standard InChI is InChI=1S/C19H24N8O/c1-11-5-16(25-24-11)23-19(28)27-8-12-6-14(7-13(12)9-27)26(2)18-15-3-4-20-17(15)21-10-22-18/h3-5,10,12-14H,6-9H2,1-2H3,(H,20,21,22)(H2,23,24,25,28)/t12-,13?,14?/m0/s1. The summed E-state index contributed by atoms with van der Waals surface area (Å²) >= 11 is 0. The van der Waals surface area contributed by atoms with Crippen LogP contribution >= 0.6 is 0 Å². The van der Waals surface area contributed by atoms with Crippen molar-refractivity contribution >= 4 is 28.7 Å². The number of carbonyl (C=O) groups excluding carboxylic acids is 1. The first-order chi connectivity index (χ1) is 13.6. The number of nitrogens with zero attached hydrogens (tertiary/aromatic N) is 5. The van der Waals surface area contributed by atoms with Crippen molar-refractivity contribution in [2.24, 2.45) is 11.8 Å². The number of fused-ring (bicyclic) bond motifs is 2. The Bertz CT molecular complexity index is 996. The molecule has 9 nitrogen and oxygen atoms in total. The number of urea groups is 1. The van der Waals surface area contributed by atoms with Gasteiger partial charge in [-0.25, -0.2) is 14.8 Å². The molecule has 0 radical (unpaired) electrons. The maximum absolute atomic E-state index is 12.5. The van der Waals surface area contributed by atoms with Crippen molar-refractivity contribution in [1.82, 2.24) is 30.0 Å². The fourth-order valence-electron chi connectivity index (χ4n) is 4.73. The van der Waals surface area contributed by atoms with E-state index in [2.05, 4.69) is 42.4 Å². The fourth-order valence-corrected chi connectivity index (χ4v) is 4.73. The molecule has 2 amide bonds. The predicted molar refractivity (Wildman–Crippen MR) is 106 cm³/mol. The van der Waals surface area contributed by atoms with Crippen molar-refractivity contribution in [3.8, 4) is 0 Å². The second-order valence-electron chi connectivity index (χ2n) is 7.96. The molecule has 1 aliphatic carbocycles. The van der Waals surface area contributed by atoms with Crippen LogP contribution in [0.4, 0.5) is 16.4 Å². The van der Waals surface area contributed by atoms with Gasteiger partial charge in [0.15, 0.2) is 5.82 Å². The zero-order chi connectivity index (χ0) is 19.3. The third-order valence-corrected chi connectivity index (χ3v) is 6.17. The summed E-state index contributed by atoms with van der Waals surface area (Å²) in [7, 11) is 2.12. The number of anilines is 2. The van der Waals surface area contributed by atoms with Gasteiger partial charge in [0.25, 0.3) is 0 Å². The number of likely N-dealkylation sites (tertiary alicyclic amines) is 1. The summed E-state index contributed by atoms with van der Waals surface area (Å²) in [4.78, 5) is 28.7. The Labute approximate surface area is 162 Å². The molecule has 146 valence electrons. The number of amides is 2. The van der Waals surface area contributed by atoms with Gasteiger partial charge in [0.2, 0.25) is 0 Å². The van der Waals surface area contributed by atoms with Crippen molar-refractivity contribution in [2.75, 3.05) is 30.4 Å². The highest BCUT2D eigenvalue weighted by Crippen LogP contribution is 2.41. The van der Waals surface area contributed by atoms with Gasteiger partial charge >= 0.3 is 6.03 Å². The van der Waals surface area contributed by atoms with Crippen LogP contribution in [-0.2, 0) is 0 Å². The molecule has 5 rings (SSSR count). The first-order valence-electron chi connectivity index (χ1n) is 9.67. The van der Waals surface area contributed by atoms with Crippen molar-refractivity contribution in [3.05, 3.63) is 30.4 Å². The quantitative estimate of drug-likeness (QED) is 0.647.